The zero-order chi connectivity index (χ0) is 11.1. The number of hydrogen-bond donors (Lipinski definition) is 2. The number of hydrogen-bond acceptors (Lipinski definition) is 4. The van der Waals surface area contributed by atoms with Gasteiger partial charge in [0, 0.05) is 6.54 Å². The molecular formula is C10H16N2OS2. The van der Waals surface area contributed by atoms with Gasteiger partial charge in [-0.05, 0) is 36.3 Å². The molecule has 0 aliphatic heterocycles. The number of unbranched alkanes of at least 4 members (excludes halogenated alkanes) is 1. The first-order chi connectivity index (χ1) is 7.25. The van der Waals surface area contributed by atoms with E-state index in [2.05, 4.69) is 11.6 Å². The van der Waals surface area contributed by atoms with E-state index in [9.17, 15) is 4.79 Å². The van der Waals surface area contributed by atoms with Gasteiger partial charge in [-0.25, -0.2) is 0 Å². The fourth-order valence-corrected chi connectivity index (χ4v) is 2.38. The van der Waals surface area contributed by atoms with Crippen LogP contribution in [-0.2, 0) is 0 Å². The molecule has 1 aromatic heterocycles. The molecule has 0 aliphatic carbocycles. The maximum absolute atomic E-state index is 11.6. The summed E-state index contributed by atoms with van der Waals surface area (Å²) in [5.74, 6) is 1.10. The predicted octanol–water partition coefficient (Wildman–Crippen LogP) is 2.20. The van der Waals surface area contributed by atoms with E-state index in [1.807, 2.05) is 17.1 Å². The van der Waals surface area contributed by atoms with Crippen LogP contribution in [0, 0.1) is 0 Å². The number of thiophene rings is 1. The van der Waals surface area contributed by atoms with Crippen LogP contribution in [0.2, 0.25) is 0 Å². The summed E-state index contributed by atoms with van der Waals surface area (Å²) in [6.07, 6.45) is 4.25. The average Bonchev–Trinajstić information content (AvgIpc) is 2.64. The van der Waals surface area contributed by atoms with Crippen molar-refractivity contribution < 1.29 is 4.79 Å². The molecule has 5 heteroatoms. The number of anilines is 1. The fourth-order valence-electron chi connectivity index (χ4n) is 1.16. The van der Waals surface area contributed by atoms with Crippen molar-refractivity contribution >= 4 is 34.7 Å². The molecule has 3 N–H and O–H groups in total. The second kappa shape index (κ2) is 6.74. The van der Waals surface area contributed by atoms with Gasteiger partial charge in [0.25, 0.3) is 5.91 Å². The minimum atomic E-state index is -0.0494. The van der Waals surface area contributed by atoms with Gasteiger partial charge in [0.05, 0.1) is 5.69 Å². The fraction of sp³-hybridized carbons (Fsp3) is 0.500. The first kappa shape index (κ1) is 12.4. The molecule has 1 rings (SSSR count). The molecule has 0 radical (unpaired) electrons. The molecule has 3 nitrogen and oxygen atoms in total. The van der Waals surface area contributed by atoms with Gasteiger partial charge in [-0.2, -0.15) is 11.8 Å². The Morgan fingerprint density at radius 2 is 2.40 bits per heavy atom. The van der Waals surface area contributed by atoms with Gasteiger partial charge in [-0.3, -0.25) is 4.79 Å². The van der Waals surface area contributed by atoms with Crippen LogP contribution in [0.3, 0.4) is 0 Å². The molecule has 84 valence electrons. The van der Waals surface area contributed by atoms with E-state index < -0.39 is 0 Å². The van der Waals surface area contributed by atoms with Crippen molar-refractivity contribution in [3.05, 3.63) is 16.3 Å². The summed E-state index contributed by atoms with van der Waals surface area (Å²) in [5.41, 5.74) is 6.21. The Morgan fingerprint density at radius 3 is 3.00 bits per heavy atom. The number of thioether (sulfide) groups is 1. The van der Waals surface area contributed by atoms with Gasteiger partial charge in [0.1, 0.15) is 4.88 Å². The number of nitrogens with one attached hydrogen (secondary N) is 1. The van der Waals surface area contributed by atoms with Crippen molar-refractivity contribution in [1.29, 1.82) is 0 Å². The van der Waals surface area contributed by atoms with Crippen LogP contribution < -0.4 is 11.1 Å². The molecule has 1 amide bonds. The van der Waals surface area contributed by atoms with Gasteiger partial charge < -0.3 is 11.1 Å². The Balaban J connectivity index is 2.22. The number of carbonyl (C=O) groups is 1. The standard InChI is InChI=1S/C10H16N2OS2/c1-14-6-3-2-5-12-10(13)9-8(11)4-7-15-9/h4,7H,2-3,5-6,11H2,1H3,(H,12,13). The second-order valence-electron chi connectivity index (χ2n) is 3.16. The Hall–Kier alpha value is -0.680. The van der Waals surface area contributed by atoms with E-state index in [0.717, 1.165) is 25.1 Å². The van der Waals surface area contributed by atoms with E-state index in [1.165, 1.54) is 11.3 Å². The van der Waals surface area contributed by atoms with Gasteiger partial charge >= 0.3 is 0 Å². The molecule has 0 unspecified atom stereocenters. The third-order valence-corrected chi connectivity index (χ3v) is 3.59. The van der Waals surface area contributed by atoms with Crippen molar-refractivity contribution in [2.45, 2.75) is 12.8 Å². The smallest absolute Gasteiger partial charge is 0.263 e. The molecule has 15 heavy (non-hydrogen) atoms. The minimum absolute atomic E-state index is 0.0494. The quantitative estimate of drug-likeness (QED) is 0.754. The summed E-state index contributed by atoms with van der Waals surface area (Å²) in [7, 11) is 0. The Kier molecular flexibility index (Phi) is 5.57. The van der Waals surface area contributed by atoms with Gasteiger partial charge in [0.15, 0.2) is 0 Å². The van der Waals surface area contributed by atoms with Crippen LogP contribution in [0.15, 0.2) is 11.4 Å². The van der Waals surface area contributed by atoms with Gasteiger partial charge in [-0.1, -0.05) is 0 Å². The molecule has 0 saturated carbocycles. The maximum Gasteiger partial charge on any atom is 0.263 e. The number of nitrogen functional groups attached to an aromatic ring is 1. The molecule has 1 heterocycles. The topological polar surface area (TPSA) is 55.1 Å². The number of nitrogens with two attached hydrogens (primary N) is 1. The zero-order valence-electron chi connectivity index (χ0n) is 8.79. The van der Waals surface area contributed by atoms with Crippen molar-refractivity contribution in [1.82, 2.24) is 5.32 Å². The van der Waals surface area contributed by atoms with Crippen LogP contribution in [0.5, 0.6) is 0 Å². The van der Waals surface area contributed by atoms with Crippen molar-refractivity contribution in [2.24, 2.45) is 0 Å². The lowest BCUT2D eigenvalue weighted by Gasteiger charge is -2.03. The molecule has 0 atom stereocenters. The third-order valence-electron chi connectivity index (χ3n) is 1.96. The monoisotopic (exact) mass is 244 g/mol. The second-order valence-corrected chi connectivity index (χ2v) is 5.06. The van der Waals surface area contributed by atoms with Gasteiger partial charge in [-0.15, -0.1) is 11.3 Å². The van der Waals surface area contributed by atoms with E-state index in [4.69, 9.17) is 5.73 Å². The van der Waals surface area contributed by atoms with E-state index in [1.54, 1.807) is 6.07 Å². The lowest BCUT2D eigenvalue weighted by atomic mass is 10.3. The Morgan fingerprint density at radius 1 is 1.60 bits per heavy atom. The summed E-state index contributed by atoms with van der Waals surface area (Å²) in [6, 6.07) is 1.76. The lowest BCUT2D eigenvalue weighted by molar-refractivity contribution is 0.0958. The molecule has 0 fully saturated rings. The third kappa shape index (κ3) is 4.13. The highest BCUT2D eigenvalue weighted by Crippen LogP contribution is 2.18. The molecule has 0 spiro atoms. The lowest BCUT2D eigenvalue weighted by Crippen LogP contribution is -2.24. The molecule has 0 aromatic carbocycles. The summed E-state index contributed by atoms with van der Waals surface area (Å²) >= 11 is 3.21. The SMILES string of the molecule is CSCCCCNC(=O)c1sccc1N. The maximum atomic E-state index is 11.6. The summed E-state index contributed by atoms with van der Waals surface area (Å²) in [4.78, 5) is 12.2. The van der Waals surface area contributed by atoms with E-state index in [-0.39, 0.29) is 5.91 Å². The van der Waals surface area contributed by atoms with Gasteiger partial charge in [0.2, 0.25) is 0 Å². The first-order valence-electron chi connectivity index (χ1n) is 4.86. The van der Waals surface area contributed by atoms with Crippen molar-refractivity contribution in [3.8, 4) is 0 Å². The van der Waals surface area contributed by atoms with Crippen LogP contribution >= 0.6 is 23.1 Å². The predicted molar refractivity (Wildman–Crippen MR) is 68.7 cm³/mol. The summed E-state index contributed by atoms with van der Waals surface area (Å²) < 4.78 is 0. The minimum Gasteiger partial charge on any atom is -0.397 e. The molecular weight excluding hydrogens is 228 g/mol. The Labute approximate surface area is 98.4 Å². The zero-order valence-corrected chi connectivity index (χ0v) is 10.4. The molecule has 0 bridgehead atoms. The van der Waals surface area contributed by atoms with Crippen LogP contribution in [0.1, 0.15) is 22.5 Å². The van der Waals surface area contributed by atoms with Crippen LogP contribution in [0.4, 0.5) is 5.69 Å². The van der Waals surface area contributed by atoms with Crippen LogP contribution in [-0.4, -0.2) is 24.5 Å². The molecule has 0 aliphatic rings. The number of carbonyl (C=O) groups excluding carboxylic acids is 1. The van der Waals surface area contributed by atoms with Crippen molar-refractivity contribution in [3.63, 3.8) is 0 Å². The highest BCUT2D eigenvalue weighted by atomic mass is 32.2. The van der Waals surface area contributed by atoms with E-state index in [0.29, 0.717) is 10.6 Å². The van der Waals surface area contributed by atoms with E-state index >= 15 is 0 Å². The summed E-state index contributed by atoms with van der Waals surface area (Å²) in [5, 5.41) is 4.70. The highest BCUT2D eigenvalue weighted by molar-refractivity contribution is 7.98. The average molecular weight is 244 g/mol. The number of amides is 1. The molecule has 0 saturated heterocycles. The molecule has 1 aromatic rings. The van der Waals surface area contributed by atoms with Crippen LogP contribution in [0.25, 0.3) is 0 Å². The highest BCUT2D eigenvalue weighted by Gasteiger charge is 2.09. The number of rotatable bonds is 6. The normalized spacial score (nSPS) is 10.2. The Bertz CT molecular complexity index is 312. The largest absolute Gasteiger partial charge is 0.397 e. The summed E-state index contributed by atoms with van der Waals surface area (Å²) in [6.45, 7) is 0.733. The first-order valence-corrected chi connectivity index (χ1v) is 7.13. The van der Waals surface area contributed by atoms with Crippen molar-refractivity contribution in [2.75, 3.05) is 24.3 Å².